The molecule has 4 aromatic rings. The summed E-state index contributed by atoms with van der Waals surface area (Å²) in [5, 5.41) is 4.75. The minimum Gasteiger partial charge on any atom is -0.256 e. The van der Waals surface area contributed by atoms with E-state index in [1.807, 2.05) is 48.5 Å². The van der Waals surface area contributed by atoms with Crippen molar-refractivity contribution in [3.05, 3.63) is 72.1 Å². The van der Waals surface area contributed by atoms with E-state index < -0.39 is 0 Å². The van der Waals surface area contributed by atoms with E-state index in [0.29, 0.717) is 5.15 Å². The van der Waals surface area contributed by atoms with E-state index in [-0.39, 0.29) is 0 Å². The highest BCUT2D eigenvalue weighted by Crippen LogP contribution is 2.25. The predicted molar refractivity (Wildman–Crippen MR) is 86.7 cm³/mol. The number of hydrogen-bond acceptors (Lipinski definition) is 3. The lowest BCUT2D eigenvalue weighted by molar-refractivity contribution is 0.943. The Morgan fingerprint density at radius 3 is 2.59 bits per heavy atom. The zero-order chi connectivity index (χ0) is 14.9. The second kappa shape index (κ2) is 5.24. The van der Waals surface area contributed by atoms with Crippen LogP contribution in [-0.2, 0) is 0 Å². The van der Waals surface area contributed by atoms with Crippen LogP contribution in [0.3, 0.4) is 0 Å². The van der Waals surface area contributed by atoms with Crippen LogP contribution in [-0.4, -0.2) is 19.6 Å². The van der Waals surface area contributed by atoms with Crippen LogP contribution < -0.4 is 0 Å². The number of benzene rings is 1. The molecular weight excluding hydrogens is 296 g/mol. The van der Waals surface area contributed by atoms with Crippen LogP contribution in [0.4, 0.5) is 0 Å². The van der Waals surface area contributed by atoms with E-state index in [9.17, 15) is 0 Å². The number of aromatic nitrogens is 4. The molecule has 0 amide bonds. The first-order chi connectivity index (χ1) is 10.8. The summed E-state index contributed by atoms with van der Waals surface area (Å²) >= 11 is 5.99. The predicted octanol–water partition coefficient (Wildman–Crippen LogP) is 4.11. The molecule has 0 saturated carbocycles. The monoisotopic (exact) mass is 306 g/mol. The van der Waals surface area contributed by atoms with Crippen molar-refractivity contribution in [1.82, 2.24) is 19.6 Å². The summed E-state index contributed by atoms with van der Waals surface area (Å²) in [5.41, 5.74) is 4.63. The normalized spacial score (nSPS) is 11.0. The molecular formula is C17H11ClN4. The van der Waals surface area contributed by atoms with Crippen molar-refractivity contribution in [3.63, 3.8) is 0 Å². The molecule has 5 heteroatoms. The van der Waals surface area contributed by atoms with E-state index in [4.69, 9.17) is 11.6 Å². The summed E-state index contributed by atoms with van der Waals surface area (Å²) < 4.78 is 1.74. The molecule has 3 aromatic heterocycles. The van der Waals surface area contributed by atoms with Gasteiger partial charge in [0.1, 0.15) is 5.15 Å². The molecule has 0 N–H and O–H groups in total. The molecule has 0 atom stereocenters. The number of imidazole rings is 1. The third kappa shape index (κ3) is 2.23. The molecule has 0 saturated heterocycles. The lowest BCUT2D eigenvalue weighted by Crippen LogP contribution is -1.94. The van der Waals surface area contributed by atoms with Crippen LogP contribution in [0.2, 0.25) is 5.15 Å². The van der Waals surface area contributed by atoms with Crippen LogP contribution >= 0.6 is 11.6 Å². The fourth-order valence-corrected chi connectivity index (χ4v) is 2.54. The minimum absolute atomic E-state index is 0.434. The Balaban J connectivity index is 1.87. The summed E-state index contributed by atoms with van der Waals surface area (Å²) in [4.78, 5) is 8.80. The van der Waals surface area contributed by atoms with Gasteiger partial charge in [0.2, 0.25) is 0 Å². The SMILES string of the molecule is Clc1ccc2ncc(-c3ccnc(-c4ccccc4)c3)n2n1. The van der Waals surface area contributed by atoms with Crippen LogP contribution in [0.1, 0.15) is 0 Å². The Morgan fingerprint density at radius 2 is 1.73 bits per heavy atom. The Bertz CT molecular complexity index is 947. The highest BCUT2D eigenvalue weighted by Gasteiger charge is 2.09. The molecule has 4 rings (SSSR count). The van der Waals surface area contributed by atoms with Gasteiger partial charge in [-0.25, -0.2) is 9.50 Å². The minimum atomic E-state index is 0.434. The Labute approximate surface area is 132 Å². The molecule has 0 aliphatic rings. The van der Waals surface area contributed by atoms with E-state index in [1.165, 1.54) is 0 Å². The summed E-state index contributed by atoms with van der Waals surface area (Å²) in [5.74, 6) is 0. The summed E-state index contributed by atoms with van der Waals surface area (Å²) in [6.07, 6.45) is 3.59. The third-order valence-electron chi connectivity index (χ3n) is 3.46. The second-order valence-electron chi connectivity index (χ2n) is 4.87. The third-order valence-corrected chi connectivity index (χ3v) is 3.66. The van der Waals surface area contributed by atoms with E-state index in [0.717, 1.165) is 28.2 Å². The van der Waals surface area contributed by atoms with Gasteiger partial charge in [0.25, 0.3) is 0 Å². The van der Waals surface area contributed by atoms with E-state index >= 15 is 0 Å². The van der Waals surface area contributed by atoms with Gasteiger partial charge in [-0.15, -0.1) is 0 Å². The zero-order valence-electron chi connectivity index (χ0n) is 11.5. The van der Waals surface area contributed by atoms with Crippen LogP contribution in [0.15, 0.2) is 67.0 Å². The summed E-state index contributed by atoms with van der Waals surface area (Å²) in [7, 11) is 0. The first kappa shape index (κ1) is 13.0. The van der Waals surface area contributed by atoms with Gasteiger partial charge in [-0.2, -0.15) is 5.10 Å². The zero-order valence-corrected chi connectivity index (χ0v) is 12.3. The first-order valence-corrected chi connectivity index (χ1v) is 7.21. The van der Waals surface area contributed by atoms with Crippen molar-refractivity contribution in [2.24, 2.45) is 0 Å². The lowest BCUT2D eigenvalue weighted by atomic mass is 10.1. The second-order valence-corrected chi connectivity index (χ2v) is 5.25. The molecule has 0 aliphatic carbocycles. The topological polar surface area (TPSA) is 43.1 Å². The number of rotatable bonds is 2. The molecule has 0 spiro atoms. The van der Waals surface area contributed by atoms with Gasteiger partial charge in [-0.1, -0.05) is 41.9 Å². The number of pyridine rings is 1. The maximum Gasteiger partial charge on any atom is 0.154 e. The Morgan fingerprint density at radius 1 is 0.864 bits per heavy atom. The molecule has 3 heterocycles. The number of nitrogens with zero attached hydrogens (tertiary/aromatic N) is 4. The summed E-state index contributed by atoms with van der Waals surface area (Å²) in [6.45, 7) is 0. The van der Waals surface area contributed by atoms with Crippen LogP contribution in [0.25, 0.3) is 28.2 Å². The smallest absolute Gasteiger partial charge is 0.154 e. The largest absolute Gasteiger partial charge is 0.256 e. The molecule has 4 nitrogen and oxygen atoms in total. The number of hydrogen-bond donors (Lipinski definition) is 0. The standard InChI is InChI=1S/C17H11ClN4/c18-16-6-7-17-20-11-15(22(17)21-16)13-8-9-19-14(10-13)12-4-2-1-3-5-12/h1-11H. The van der Waals surface area contributed by atoms with Crippen LogP contribution in [0.5, 0.6) is 0 Å². The van der Waals surface area contributed by atoms with Crippen molar-refractivity contribution < 1.29 is 0 Å². The fourth-order valence-electron chi connectivity index (χ4n) is 2.40. The van der Waals surface area contributed by atoms with Gasteiger partial charge in [-0.05, 0) is 24.3 Å². The molecule has 0 fully saturated rings. The lowest BCUT2D eigenvalue weighted by Gasteiger charge is -2.04. The molecule has 1 aromatic carbocycles. The van der Waals surface area contributed by atoms with E-state index in [2.05, 4.69) is 15.1 Å². The molecule has 0 aliphatic heterocycles. The molecule has 22 heavy (non-hydrogen) atoms. The van der Waals surface area contributed by atoms with Gasteiger partial charge < -0.3 is 0 Å². The van der Waals surface area contributed by atoms with Crippen molar-refractivity contribution in [2.75, 3.05) is 0 Å². The number of fused-ring (bicyclic) bond motifs is 1. The van der Waals surface area contributed by atoms with Gasteiger partial charge in [0.05, 0.1) is 17.6 Å². The Hall–Kier alpha value is -2.72. The van der Waals surface area contributed by atoms with E-state index in [1.54, 1.807) is 23.0 Å². The van der Waals surface area contributed by atoms with Crippen molar-refractivity contribution in [1.29, 1.82) is 0 Å². The number of halogens is 1. The average molecular weight is 307 g/mol. The molecule has 106 valence electrons. The Kier molecular flexibility index (Phi) is 3.09. The maximum absolute atomic E-state index is 5.99. The maximum atomic E-state index is 5.99. The van der Waals surface area contributed by atoms with Crippen LogP contribution in [0, 0.1) is 0 Å². The highest BCUT2D eigenvalue weighted by molar-refractivity contribution is 6.29. The molecule has 0 bridgehead atoms. The average Bonchev–Trinajstić information content (AvgIpc) is 2.99. The highest BCUT2D eigenvalue weighted by atomic mass is 35.5. The van der Waals surface area contributed by atoms with Gasteiger partial charge in [-0.3, -0.25) is 4.98 Å². The van der Waals surface area contributed by atoms with Crippen molar-refractivity contribution >= 4 is 17.2 Å². The van der Waals surface area contributed by atoms with Crippen molar-refractivity contribution in [3.8, 4) is 22.5 Å². The molecule has 0 unspecified atom stereocenters. The first-order valence-electron chi connectivity index (χ1n) is 6.83. The van der Waals surface area contributed by atoms with Crippen molar-refractivity contribution in [2.45, 2.75) is 0 Å². The van der Waals surface area contributed by atoms with Gasteiger partial charge >= 0.3 is 0 Å². The molecule has 0 radical (unpaired) electrons. The van der Waals surface area contributed by atoms with Gasteiger partial charge in [0.15, 0.2) is 5.65 Å². The quantitative estimate of drug-likeness (QED) is 0.559. The fraction of sp³-hybridized carbons (Fsp3) is 0. The summed E-state index contributed by atoms with van der Waals surface area (Å²) in [6, 6.07) is 17.6. The van der Waals surface area contributed by atoms with Gasteiger partial charge in [0, 0.05) is 17.3 Å².